The Kier molecular flexibility index (Phi) is 3.09. The van der Waals surface area contributed by atoms with Gasteiger partial charge in [-0.15, -0.1) is 6.58 Å². The molecular weight excluding hydrogens is 174 g/mol. The zero-order valence-corrected chi connectivity index (χ0v) is 8.07. The van der Waals surface area contributed by atoms with Crippen LogP contribution in [-0.2, 0) is 0 Å². The fourth-order valence-electron chi connectivity index (χ4n) is 1.46. The van der Waals surface area contributed by atoms with Crippen LogP contribution in [0.25, 0.3) is 0 Å². The predicted molar refractivity (Wildman–Crippen MR) is 53.5 cm³/mol. The summed E-state index contributed by atoms with van der Waals surface area (Å²) in [6.45, 7) is 3.62. The maximum Gasteiger partial charge on any atom is 0.0969 e. The molecule has 0 saturated carbocycles. The minimum atomic E-state index is -0.112. The molecule has 1 aliphatic heterocycles. The van der Waals surface area contributed by atoms with Crippen molar-refractivity contribution in [2.24, 2.45) is 5.92 Å². The lowest BCUT2D eigenvalue weighted by molar-refractivity contribution is 0.566. The number of hydrogen-bond donors (Lipinski definition) is 0. The Bertz CT molecular complexity index is 344. The topological polar surface area (TPSA) is 50.8 Å². The first-order valence-corrected chi connectivity index (χ1v) is 4.29. The van der Waals surface area contributed by atoms with Gasteiger partial charge in [-0.2, -0.15) is 10.5 Å². The molecule has 3 nitrogen and oxygen atoms in total. The van der Waals surface area contributed by atoms with Crippen molar-refractivity contribution in [2.45, 2.75) is 6.42 Å². The van der Waals surface area contributed by atoms with Crippen LogP contribution in [0.3, 0.4) is 0 Å². The Hall–Kier alpha value is -2.00. The number of rotatable bonds is 2. The van der Waals surface area contributed by atoms with E-state index >= 15 is 0 Å². The molecule has 0 N–H and O–H groups in total. The van der Waals surface area contributed by atoms with Gasteiger partial charge in [0.15, 0.2) is 0 Å². The quantitative estimate of drug-likeness (QED) is 0.618. The molecule has 0 fully saturated rings. The van der Waals surface area contributed by atoms with Gasteiger partial charge in [-0.3, -0.25) is 0 Å². The van der Waals surface area contributed by atoms with Crippen LogP contribution in [-0.4, -0.2) is 11.9 Å². The third kappa shape index (κ3) is 1.84. The summed E-state index contributed by atoms with van der Waals surface area (Å²) in [5.74, 6) is -0.112. The smallest absolute Gasteiger partial charge is 0.0969 e. The van der Waals surface area contributed by atoms with Crippen LogP contribution in [0.15, 0.2) is 36.2 Å². The van der Waals surface area contributed by atoms with Gasteiger partial charge in [0, 0.05) is 25.4 Å². The van der Waals surface area contributed by atoms with E-state index in [4.69, 9.17) is 10.5 Å². The molecule has 0 atom stereocenters. The van der Waals surface area contributed by atoms with E-state index in [1.54, 1.807) is 30.4 Å². The largest absolute Gasteiger partial charge is 0.355 e. The molecule has 0 aromatic rings. The van der Waals surface area contributed by atoms with Gasteiger partial charge in [-0.25, -0.2) is 0 Å². The zero-order valence-electron chi connectivity index (χ0n) is 8.07. The average molecular weight is 185 g/mol. The molecule has 0 aromatic carbocycles. The average Bonchev–Trinajstić information content (AvgIpc) is 2.20. The molecule has 1 heterocycles. The molecular formula is C11H11N3. The second kappa shape index (κ2) is 4.30. The van der Waals surface area contributed by atoms with E-state index in [9.17, 15) is 0 Å². The zero-order chi connectivity index (χ0) is 10.6. The SMILES string of the molecule is C=CCC1C(C#N)=CN(C)C=C1C#N. The Labute approximate surface area is 83.9 Å². The summed E-state index contributed by atoms with van der Waals surface area (Å²) < 4.78 is 0. The molecule has 0 aromatic heterocycles. The maximum atomic E-state index is 8.90. The van der Waals surface area contributed by atoms with Crippen molar-refractivity contribution in [3.05, 3.63) is 36.2 Å². The van der Waals surface area contributed by atoms with Gasteiger partial charge in [0.1, 0.15) is 0 Å². The molecule has 1 rings (SSSR count). The van der Waals surface area contributed by atoms with Crippen molar-refractivity contribution in [2.75, 3.05) is 7.05 Å². The molecule has 0 saturated heterocycles. The second-order valence-corrected chi connectivity index (χ2v) is 3.13. The Balaban J connectivity index is 3.04. The Morgan fingerprint density at radius 2 is 1.93 bits per heavy atom. The number of hydrogen-bond acceptors (Lipinski definition) is 3. The highest BCUT2D eigenvalue weighted by Crippen LogP contribution is 2.27. The van der Waals surface area contributed by atoms with Crippen LogP contribution in [0, 0.1) is 28.6 Å². The summed E-state index contributed by atoms with van der Waals surface area (Å²) in [4.78, 5) is 1.73. The molecule has 0 spiro atoms. The van der Waals surface area contributed by atoms with Crippen LogP contribution >= 0.6 is 0 Å². The third-order valence-electron chi connectivity index (χ3n) is 2.10. The van der Waals surface area contributed by atoms with E-state index in [2.05, 4.69) is 18.7 Å². The summed E-state index contributed by atoms with van der Waals surface area (Å²) in [5, 5.41) is 17.8. The van der Waals surface area contributed by atoms with Crippen molar-refractivity contribution in [3.8, 4) is 12.1 Å². The summed E-state index contributed by atoms with van der Waals surface area (Å²) in [5.41, 5.74) is 1.23. The minimum absolute atomic E-state index is 0.112. The predicted octanol–water partition coefficient (Wildman–Crippen LogP) is 1.94. The van der Waals surface area contributed by atoms with Crippen molar-refractivity contribution < 1.29 is 0 Å². The van der Waals surface area contributed by atoms with Gasteiger partial charge in [0.25, 0.3) is 0 Å². The van der Waals surface area contributed by atoms with E-state index in [-0.39, 0.29) is 5.92 Å². The molecule has 3 heteroatoms. The lowest BCUT2D eigenvalue weighted by Crippen LogP contribution is -2.17. The lowest BCUT2D eigenvalue weighted by atomic mass is 9.88. The van der Waals surface area contributed by atoms with Gasteiger partial charge in [-0.05, 0) is 6.42 Å². The van der Waals surface area contributed by atoms with Gasteiger partial charge < -0.3 is 4.90 Å². The summed E-state index contributed by atoms with van der Waals surface area (Å²) in [6.07, 6.45) is 5.85. The minimum Gasteiger partial charge on any atom is -0.355 e. The van der Waals surface area contributed by atoms with Gasteiger partial charge in [0.2, 0.25) is 0 Å². The Morgan fingerprint density at radius 1 is 1.43 bits per heavy atom. The van der Waals surface area contributed by atoms with E-state index in [1.807, 2.05) is 0 Å². The molecule has 14 heavy (non-hydrogen) atoms. The van der Waals surface area contributed by atoms with E-state index in [0.717, 1.165) is 0 Å². The van der Waals surface area contributed by atoms with Crippen molar-refractivity contribution in [1.29, 1.82) is 10.5 Å². The van der Waals surface area contributed by atoms with Gasteiger partial charge in [-0.1, -0.05) is 6.08 Å². The van der Waals surface area contributed by atoms with Crippen molar-refractivity contribution in [3.63, 3.8) is 0 Å². The number of nitrogens with zero attached hydrogens (tertiary/aromatic N) is 3. The summed E-state index contributed by atoms with van der Waals surface area (Å²) in [7, 11) is 1.80. The summed E-state index contributed by atoms with van der Waals surface area (Å²) in [6, 6.07) is 4.23. The number of allylic oxidation sites excluding steroid dienone is 3. The molecule has 1 aliphatic rings. The first kappa shape index (κ1) is 10.1. The van der Waals surface area contributed by atoms with Crippen LogP contribution in [0.4, 0.5) is 0 Å². The standard InChI is InChI=1S/C11H11N3/c1-3-4-11-9(5-12)7-14(2)8-10(11)6-13/h3,7-8,11H,1,4H2,2H3. The van der Waals surface area contributed by atoms with E-state index in [0.29, 0.717) is 17.6 Å². The van der Waals surface area contributed by atoms with E-state index in [1.165, 1.54) is 0 Å². The van der Waals surface area contributed by atoms with Crippen LogP contribution in [0.1, 0.15) is 6.42 Å². The molecule has 0 unspecified atom stereocenters. The van der Waals surface area contributed by atoms with Gasteiger partial charge in [0.05, 0.1) is 23.3 Å². The number of nitriles is 2. The van der Waals surface area contributed by atoms with Crippen LogP contribution in [0.2, 0.25) is 0 Å². The lowest BCUT2D eigenvalue weighted by Gasteiger charge is -2.22. The third-order valence-corrected chi connectivity index (χ3v) is 2.10. The highest BCUT2D eigenvalue weighted by atomic mass is 15.1. The fourth-order valence-corrected chi connectivity index (χ4v) is 1.46. The van der Waals surface area contributed by atoms with E-state index < -0.39 is 0 Å². The molecule has 0 radical (unpaired) electrons. The highest BCUT2D eigenvalue weighted by molar-refractivity contribution is 5.41. The maximum absolute atomic E-state index is 8.90. The Morgan fingerprint density at radius 3 is 2.29 bits per heavy atom. The summed E-state index contributed by atoms with van der Waals surface area (Å²) >= 11 is 0. The fraction of sp³-hybridized carbons (Fsp3) is 0.273. The van der Waals surface area contributed by atoms with Crippen LogP contribution < -0.4 is 0 Å². The highest BCUT2D eigenvalue weighted by Gasteiger charge is 2.22. The van der Waals surface area contributed by atoms with Gasteiger partial charge >= 0.3 is 0 Å². The molecule has 0 aliphatic carbocycles. The van der Waals surface area contributed by atoms with Crippen molar-refractivity contribution >= 4 is 0 Å². The molecule has 0 bridgehead atoms. The molecule has 0 amide bonds. The monoisotopic (exact) mass is 185 g/mol. The van der Waals surface area contributed by atoms with Crippen LogP contribution in [0.5, 0.6) is 0 Å². The second-order valence-electron chi connectivity index (χ2n) is 3.13. The van der Waals surface area contributed by atoms with Crippen molar-refractivity contribution in [1.82, 2.24) is 4.90 Å². The molecule has 70 valence electrons. The first-order chi connectivity index (χ1) is 6.72. The normalized spacial score (nSPS) is 16.4. The first-order valence-electron chi connectivity index (χ1n) is 4.29.